The van der Waals surface area contributed by atoms with Gasteiger partial charge in [-0.2, -0.15) is 0 Å². The third-order valence-electron chi connectivity index (χ3n) is 5.36. The van der Waals surface area contributed by atoms with E-state index in [1.807, 2.05) is 0 Å². The molecule has 3 aromatic rings. The third-order valence-corrected chi connectivity index (χ3v) is 5.82. The number of amides is 2. The van der Waals surface area contributed by atoms with Crippen LogP contribution in [0.5, 0.6) is 5.75 Å². The van der Waals surface area contributed by atoms with Crippen molar-refractivity contribution in [2.45, 2.75) is 19.5 Å². The van der Waals surface area contributed by atoms with Crippen molar-refractivity contribution in [2.75, 3.05) is 13.7 Å². The number of halogens is 3. The highest BCUT2D eigenvalue weighted by atomic mass is 35.5. The number of aromatic nitrogens is 2. The standard InChI is InChI=1S/C23H19Cl2FN4O3/c1-12(16-8-15(33-2)5-6-19(16)26)28-20(31)11-30-10-14-4-3-13(7-17(14)22(30)32)21-18(24)9-27-23(25)29-21/h3-9,12H,10-11H2,1-2H3,(H,28,31). The molecule has 0 saturated heterocycles. The van der Waals surface area contributed by atoms with E-state index in [9.17, 15) is 14.0 Å². The SMILES string of the molecule is COc1ccc(F)c(C(C)NC(=O)CN2Cc3ccc(-c4nc(Cl)ncc4Cl)cc3C2=O)c1. The summed E-state index contributed by atoms with van der Waals surface area (Å²) >= 11 is 12.1. The van der Waals surface area contributed by atoms with Crippen LogP contribution in [0.2, 0.25) is 10.3 Å². The Hall–Kier alpha value is -3.23. The molecule has 1 unspecified atom stereocenters. The quantitative estimate of drug-likeness (QED) is 0.518. The predicted octanol–water partition coefficient (Wildman–Crippen LogP) is 4.43. The first-order chi connectivity index (χ1) is 15.8. The fourth-order valence-electron chi connectivity index (χ4n) is 3.70. The molecule has 2 aromatic carbocycles. The summed E-state index contributed by atoms with van der Waals surface area (Å²) in [7, 11) is 1.48. The highest BCUT2D eigenvalue weighted by molar-refractivity contribution is 6.33. The number of nitrogens with one attached hydrogen (secondary N) is 1. The van der Waals surface area contributed by atoms with Crippen molar-refractivity contribution in [1.82, 2.24) is 20.2 Å². The van der Waals surface area contributed by atoms with Crippen molar-refractivity contribution in [3.05, 3.63) is 75.4 Å². The summed E-state index contributed by atoms with van der Waals surface area (Å²) in [6, 6.07) is 8.96. The largest absolute Gasteiger partial charge is 0.497 e. The molecular formula is C23H19Cl2FN4O3. The summed E-state index contributed by atoms with van der Waals surface area (Å²) in [6.07, 6.45) is 1.39. The van der Waals surface area contributed by atoms with Crippen molar-refractivity contribution >= 4 is 35.0 Å². The lowest BCUT2D eigenvalue weighted by atomic mass is 10.0. The smallest absolute Gasteiger partial charge is 0.254 e. The summed E-state index contributed by atoms with van der Waals surface area (Å²) in [5.74, 6) is -0.668. The molecule has 0 saturated carbocycles. The molecule has 10 heteroatoms. The molecule has 0 bridgehead atoms. The Bertz CT molecular complexity index is 1250. The van der Waals surface area contributed by atoms with Crippen LogP contribution in [0.4, 0.5) is 4.39 Å². The van der Waals surface area contributed by atoms with Gasteiger partial charge in [-0.1, -0.05) is 23.7 Å². The van der Waals surface area contributed by atoms with E-state index in [1.54, 1.807) is 25.1 Å². The number of carbonyl (C=O) groups is 2. The van der Waals surface area contributed by atoms with Crippen LogP contribution in [0, 0.1) is 5.82 Å². The molecule has 1 aliphatic rings. The number of methoxy groups -OCH3 is 1. The second kappa shape index (κ2) is 9.33. The summed E-state index contributed by atoms with van der Waals surface area (Å²) in [5, 5.41) is 3.08. The van der Waals surface area contributed by atoms with Gasteiger partial charge in [-0.15, -0.1) is 0 Å². The van der Waals surface area contributed by atoms with Crippen LogP contribution in [0.25, 0.3) is 11.3 Å². The molecule has 0 aliphatic carbocycles. The van der Waals surface area contributed by atoms with E-state index in [1.165, 1.54) is 36.4 Å². The Kier molecular flexibility index (Phi) is 6.49. The minimum Gasteiger partial charge on any atom is -0.497 e. The van der Waals surface area contributed by atoms with E-state index in [0.717, 1.165) is 5.56 Å². The van der Waals surface area contributed by atoms with E-state index in [4.69, 9.17) is 27.9 Å². The Morgan fingerprint density at radius 1 is 1.27 bits per heavy atom. The van der Waals surface area contributed by atoms with Crippen LogP contribution in [0.15, 0.2) is 42.6 Å². The normalized spacial score (nSPS) is 13.6. The number of hydrogen-bond acceptors (Lipinski definition) is 5. The Morgan fingerprint density at radius 2 is 2.06 bits per heavy atom. The number of fused-ring (bicyclic) bond motifs is 1. The van der Waals surface area contributed by atoms with Gasteiger partial charge in [-0.05, 0) is 48.4 Å². The maximum absolute atomic E-state index is 14.2. The van der Waals surface area contributed by atoms with Crippen LogP contribution < -0.4 is 10.1 Å². The van der Waals surface area contributed by atoms with Crippen LogP contribution in [-0.4, -0.2) is 40.3 Å². The van der Waals surface area contributed by atoms with Gasteiger partial charge < -0.3 is 15.0 Å². The summed E-state index contributed by atoms with van der Waals surface area (Å²) in [6.45, 7) is 1.78. The zero-order chi connectivity index (χ0) is 23.7. The van der Waals surface area contributed by atoms with E-state index in [0.29, 0.717) is 33.2 Å². The van der Waals surface area contributed by atoms with Crippen LogP contribution in [-0.2, 0) is 11.3 Å². The first-order valence-corrected chi connectivity index (χ1v) is 10.8. The molecule has 7 nitrogen and oxygen atoms in total. The van der Waals surface area contributed by atoms with Gasteiger partial charge in [-0.25, -0.2) is 14.4 Å². The summed E-state index contributed by atoms with van der Waals surface area (Å²) in [5.41, 5.74) is 2.56. The molecule has 2 heterocycles. The van der Waals surface area contributed by atoms with Gasteiger partial charge in [-0.3, -0.25) is 9.59 Å². The first kappa shape index (κ1) is 22.9. The van der Waals surface area contributed by atoms with Crippen molar-refractivity contribution in [3.63, 3.8) is 0 Å². The fraction of sp³-hybridized carbons (Fsp3) is 0.217. The maximum Gasteiger partial charge on any atom is 0.254 e. The van der Waals surface area contributed by atoms with E-state index in [2.05, 4.69) is 15.3 Å². The molecule has 1 atom stereocenters. The molecule has 0 radical (unpaired) electrons. The van der Waals surface area contributed by atoms with Gasteiger partial charge >= 0.3 is 0 Å². The number of rotatable bonds is 6. The highest BCUT2D eigenvalue weighted by Gasteiger charge is 2.30. The van der Waals surface area contributed by atoms with Crippen LogP contribution >= 0.6 is 23.2 Å². The second-order valence-electron chi connectivity index (χ2n) is 7.55. The number of nitrogens with zero attached hydrogens (tertiary/aromatic N) is 3. The minimum absolute atomic E-state index is 0.0427. The summed E-state index contributed by atoms with van der Waals surface area (Å²) in [4.78, 5) is 34.9. The van der Waals surface area contributed by atoms with Gasteiger partial charge in [0, 0.05) is 23.2 Å². The molecule has 1 aliphatic heterocycles. The average Bonchev–Trinajstić information content (AvgIpc) is 3.10. The minimum atomic E-state index is -0.607. The van der Waals surface area contributed by atoms with E-state index in [-0.39, 0.29) is 24.3 Å². The zero-order valence-electron chi connectivity index (χ0n) is 17.7. The second-order valence-corrected chi connectivity index (χ2v) is 8.29. The average molecular weight is 489 g/mol. The lowest BCUT2D eigenvalue weighted by Crippen LogP contribution is -2.38. The van der Waals surface area contributed by atoms with Gasteiger partial charge in [0.25, 0.3) is 5.91 Å². The van der Waals surface area contributed by atoms with E-state index >= 15 is 0 Å². The molecule has 1 aromatic heterocycles. The van der Waals surface area contributed by atoms with Crippen molar-refractivity contribution < 1.29 is 18.7 Å². The fourth-order valence-corrected chi connectivity index (χ4v) is 4.04. The molecule has 1 N–H and O–H groups in total. The van der Waals surface area contributed by atoms with E-state index < -0.39 is 17.8 Å². The number of benzene rings is 2. The van der Waals surface area contributed by atoms with Gasteiger partial charge in [0.2, 0.25) is 11.2 Å². The molecule has 4 rings (SSSR count). The Morgan fingerprint density at radius 3 is 2.82 bits per heavy atom. The summed E-state index contributed by atoms with van der Waals surface area (Å²) < 4.78 is 19.3. The number of carbonyl (C=O) groups excluding carboxylic acids is 2. The zero-order valence-corrected chi connectivity index (χ0v) is 19.2. The molecule has 0 fully saturated rings. The first-order valence-electron chi connectivity index (χ1n) is 10.00. The third kappa shape index (κ3) is 4.77. The Labute approximate surface area is 199 Å². The van der Waals surface area contributed by atoms with Crippen molar-refractivity contribution in [1.29, 1.82) is 0 Å². The molecule has 0 spiro atoms. The van der Waals surface area contributed by atoms with Gasteiger partial charge in [0.05, 0.1) is 30.1 Å². The predicted molar refractivity (Wildman–Crippen MR) is 122 cm³/mol. The lowest BCUT2D eigenvalue weighted by molar-refractivity contribution is -0.122. The van der Waals surface area contributed by atoms with Gasteiger partial charge in [0.1, 0.15) is 18.1 Å². The van der Waals surface area contributed by atoms with Crippen molar-refractivity contribution in [3.8, 4) is 17.0 Å². The highest BCUT2D eigenvalue weighted by Crippen LogP contribution is 2.31. The number of ether oxygens (including phenoxy) is 1. The van der Waals surface area contributed by atoms with Crippen molar-refractivity contribution in [2.24, 2.45) is 0 Å². The molecular weight excluding hydrogens is 470 g/mol. The van der Waals surface area contributed by atoms with Crippen LogP contribution in [0.1, 0.15) is 34.5 Å². The maximum atomic E-state index is 14.2. The lowest BCUT2D eigenvalue weighted by Gasteiger charge is -2.19. The van der Waals surface area contributed by atoms with Gasteiger partial charge in [0.15, 0.2) is 0 Å². The number of hydrogen-bond donors (Lipinski definition) is 1. The molecule has 170 valence electrons. The Balaban J connectivity index is 1.47. The molecule has 2 amide bonds. The molecule has 33 heavy (non-hydrogen) atoms. The topological polar surface area (TPSA) is 84.4 Å². The van der Waals surface area contributed by atoms with Crippen LogP contribution in [0.3, 0.4) is 0 Å². The monoisotopic (exact) mass is 488 g/mol.